The molecule has 0 saturated heterocycles. The summed E-state index contributed by atoms with van der Waals surface area (Å²) in [4.78, 5) is 0. The van der Waals surface area contributed by atoms with Crippen LogP contribution in [-0.4, -0.2) is 49.6 Å². The molecule has 0 aromatic rings. The van der Waals surface area contributed by atoms with Crippen LogP contribution in [0.1, 0.15) is 0 Å². The summed E-state index contributed by atoms with van der Waals surface area (Å²) in [5.41, 5.74) is 0. The van der Waals surface area contributed by atoms with Crippen LogP contribution in [-0.2, 0) is 13.6 Å². The quantitative estimate of drug-likeness (QED) is 0.603. The maximum absolute atomic E-state index is 12.9. The molecule has 0 aliphatic heterocycles. The van der Waals surface area contributed by atoms with E-state index in [1.165, 1.54) is 0 Å². The van der Waals surface area contributed by atoms with Crippen molar-refractivity contribution >= 4 is 7.60 Å². The molecule has 19 heavy (non-hydrogen) atoms. The molecule has 4 nitrogen and oxygen atoms in total. The van der Waals surface area contributed by atoms with Crippen molar-refractivity contribution in [2.75, 3.05) is 20.4 Å². The Hall–Kier alpha value is -0.380. The molecule has 116 valence electrons. The maximum atomic E-state index is 12.9. The minimum Gasteiger partial charge on any atom is -0.386 e. The molecule has 1 atom stereocenters. The van der Waals surface area contributed by atoms with Gasteiger partial charge in [-0.2, -0.15) is 30.7 Å². The topological polar surface area (TPSA) is 55.8 Å². The molecule has 0 aromatic heterocycles. The van der Waals surface area contributed by atoms with Crippen molar-refractivity contribution < 1.29 is 49.5 Å². The van der Waals surface area contributed by atoms with Crippen LogP contribution < -0.4 is 0 Å². The zero-order valence-corrected chi connectivity index (χ0v) is 10.4. The smallest absolute Gasteiger partial charge is 0.386 e. The Morgan fingerprint density at radius 2 is 1.42 bits per heavy atom. The van der Waals surface area contributed by atoms with Gasteiger partial charge >= 0.3 is 25.6 Å². The summed E-state index contributed by atoms with van der Waals surface area (Å²) < 4.78 is 106. The van der Waals surface area contributed by atoms with E-state index in [0.29, 0.717) is 14.2 Å². The Kier molecular flexibility index (Phi) is 5.44. The fourth-order valence-electron chi connectivity index (χ4n) is 0.948. The molecule has 1 unspecified atom stereocenters. The van der Waals surface area contributed by atoms with Crippen molar-refractivity contribution in [1.82, 2.24) is 0 Å². The predicted octanol–water partition coefficient (Wildman–Crippen LogP) is 2.67. The molecule has 12 heteroatoms. The van der Waals surface area contributed by atoms with Crippen LogP contribution in [0.5, 0.6) is 0 Å². The molecule has 0 aromatic carbocycles. The normalized spacial score (nSPS) is 16.5. The second kappa shape index (κ2) is 5.55. The van der Waals surface area contributed by atoms with E-state index in [4.69, 9.17) is 5.11 Å². The molecular formula is C7H10F7O4P. The van der Waals surface area contributed by atoms with Gasteiger partial charge in [0.05, 0.1) is 6.16 Å². The molecule has 0 saturated carbocycles. The minimum atomic E-state index is -6.58. The molecule has 0 spiro atoms. The van der Waals surface area contributed by atoms with Crippen LogP contribution in [0.2, 0.25) is 0 Å². The highest BCUT2D eigenvalue weighted by molar-refractivity contribution is 7.53. The van der Waals surface area contributed by atoms with Gasteiger partial charge in [-0.3, -0.25) is 4.57 Å². The van der Waals surface area contributed by atoms with Gasteiger partial charge in [-0.25, -0.2) is 0 Å². The van der Waals surface area contributed by atoms with Crippen molar-refractivity contribution in [2.24, 2.45) is 0 Å². The first-order valence-corrected chi connectivity index (χ1v) is 6.19. The molecule has 0 fully saturated rings. The molecule has 0 heterocycles. The number of halogens is 7. The maximum Gasteiger partial charge on any atom is 0.459 e. The van der Waals surface area contributed by atoms with Crippen LogP contribution in [0, 0.1) is 0 Å². The monoisotopic (exact) mass is 322 g/mol. The van der Waals surface area contributed by atoms with Gasteiger partial charge in [0.2, 0.25) is 0 Å². The van der Waals surface area contributed by atoms with E-state index in [-0.39, 0.29) is 0 Å². The first-order chi connectivity index (χ1) is 8.25. The fraction of sp³-hybridized carbons (Fsp3) is 1.00. The Bertz CT molecular complexity index is 348. The Morgan fingerprint density at radius 3 is 1.68 bits per heavy atom. The lowest BCUT2D eigenvalue weighted by atomic mass is 10.1. The van der Waals surface area contributed by atoms with Gasteiger partial charge in [-0.1, -0.05) is 0 Å². The number of hydrogen-bond donors (Lipinski definition) is 1. The number of hydrogen-bond acceptors (Lipinski definition) is 4. The van der Waals surface area contributed by atoms with Crippen LogP contribution in [0.4, 0.5) is 30.7 Å². The number of aliphatic hydroxyl groups excluding tert-OH is 1. The first-order valence-electron chi connectivity index (χ1n) is 4.46. The number of rotatable bonds is 6. The van der Waals surface area contributed by atoms with Crippen molar-refractivity contribution in [3.63, 3.8) is 0 Å². The van der Waals surface area contributed by atoms with Crippen LogP contribution in [0.25, 0.3) is 0 Å². The third-order valence-corrected chi connectivity index (χ3v) is 4.05. The molecular weight excluding hydrogens is 312 g/mol. The van der Waals surface area contributed by atoms with Gasteiger partial charge in [0.15, 0.2) is 0 Å². The van der Waals surface area contributed by atoms with Crippen molar-refractivity contribution in [1.29, 1.82) is 0 Å². The standard InChI is InChI=1S/C7H10F7O4P/c1-17-19(16,18-2)3-4(15)5(8,9)6(10,11)7(12,13)14/h4,15H,3H2,1-2H3. The summed E-state index contributed by atoms with van der Waals surface area (Å²) in [5, 5.41) is 8.81. The van der Waals surface area contributed by atoms with Gasteiger partial charge in [-0.05, 0) is 0 Å². The highest BCUT2D eigenvalue weighted by atomic mass is 31.2. The van der Waals surface area contributed by atoms with Crippen LogP contribution >= 0.6 is 7.60 Å². The third kappa shape index (κ3) is 3.59. The van der Waals surface area contributed by atoms with E-state index in [9.17, 15) is 35.3 Å². The molecule has 0 bridgehead atoms. The SMILES string of the molecule is COP(=O)(CC(O)C(F)(F)C(F)(F)C(F)(F)F)OC. The Balaban J connectivity index is 5.28. The average molecular weight is 322 g/mol. The number of alkyl halides is 7. The molecule has 0 rings (SSSR count). The molecule has 0 amide bonds. The summed E-state index contributed by atoms with van der Waals surface area (Å²) in [6.45, 7) is 0. The molecule has 1 N–H and O–H groups in total. The summed E-state index contributed by atoms with van der Waals surface area (Å²) in [7, 11) is -3.00. The second-order valence-electron chi connectivity index (χ2n) is 3.37. The summed E-state index contributed by atoms with van der Waals surface area (Å²) >= 11 is 0. The van der Waals surface area contributed by atoms with Gasteiger partial charge in [0, 0.05) is 14.2 Å². The Morgan fingerprint density at radius 1 is 1.05 bits per heavy atom. The van der Waals surface area contributed by atoms with Crippen molar-refractivity contribution in [3.05, 3.63) is 0 Å². The first kappa shape index (κ1) is 18.6. The fourth-order valence-corrected chi connectivity index (χ4v) is 2.05. The zero-order valence-electron chi connectivity index (χ0n) is 9.55. The average Bonchev–Trinajstić information content (AvgIpc) is 2.26. The van der Waals surface area contributed by atoms with Crippen LogP contribution in [0.15, 0.2) is 0 Å². The van der Waals surface area contributed by atoms with E-state index >= 15 is 0 Å². The second-order valence-corrected chi connectivity index (χ2v) is 5.69. The molecule has 0 aliphatic rings. The Labute approximate surface area is 103 Å². The van der Waals surface area contributed by atoms with E-state index in [1.807, 2.05) is 0 Å². The molecule has 0 aliphatic carbocycles. The van der Waals surface area contributed by atoms with E-state index in [2.05, 4.69) is 9.05 Å². The van der Waals surface area contributed by atoms with E-state index in [0.717, 1.165) is 0 Å². The minimum absolute atomic E-state index is 0.692. The lowest BCUT2D eigenvalue weighted by molar-refractivity contribution is -0.369. The highest BCUT2D eigenvalue weighted by Crippen LogP contribution is 2.53. The van der Waals surface area contributed by atoms with Crippen LogP contribution in [0.3, 0.4) is 0 Å². The lowest BCUT2D eigenvalue weighted by Crippen LogP contribution is -2.58. The molecule has 0 radical (unpaired) electrons. The van der Waals surface area contributed by atoms with Gasteiger partial charge in [0.25, 0.3) is 0 Å². The van der Waals surface area contributed by atoms with Gasteiger partial charge in [0.1, 0.15) is 6.10 Å². The number of aliphatic hydroxyl groups is 1. The lowest BCUT2D eigenvalue weighted by Gasteiger charge is -2.32. The van der Waals surface area contributed by atoms with Crippen molar-refractivity contribution in [2.45, 2.75) is 24.1 Å². The largest absolute Gasteiger partial charge is 0.459 e. The van der Waals surface area contributed by atoms with Gasteiger partial charge in [-0.15, -0.1) is 0 Å². The summed E-state index contributed by atoms with van der Waals surface area (Å²) in [6.07, 6.45) is -11.9. The highest BCUT2D eigenvalue weighted by Gasteiger charge is 2.75. The van der Waals surface area contributed by atoms with E-state index in [1.54, 1.807) is 0 Å². The summed E-state index contributed by atoms with van der Waals surface area (Å²) in [5.74, 6) is -12.4. The third-order valence-electron chi connectivity index (χ3n) is 2.15. The van der Waals surface area contributed by atoms with E-state index < -0.39 is 37.9 Å². The van der Waals surface area contributed by atoms with Crippen molar-refractivity contribution in [3.8, 4) is 0 Å². The summed E-state index contributed by atoms with van der Waals surface area (Å²) in [6, 6.07) is 0. The zero-order chi connectivity index (χ0) is 15.7. The predicted molar refractivity (Wildman–Crippen MR) is 48.4 cm³/mol. The van der Waals surface area contributed by atoms with Gasteiger partial charge < -0.3 is 14.2 Å².